The zero-order valence-corrected chi connectivity index (χ0v) is 13.2. The fourth-order valence-corrected chi connectivity index (χ4v) is 2.68. The molecule has 1 aliphatic heterocycles. The van der Waals surface area contributed by atoms with Gasteiger partial charge in [-0.2, -0.15) is 0 Å². The topological polar surface area (TPSA) is 80.1 Å². The van der Waals surface area contributed by atoms with Crippen molar-refractivity contribution in [2.24, 2.45) is 7.05 Å². The summed E-state index contributed by atoms with van der Waals surface area (Å²) in [6, 6.07) is 7.34. The van der Waals surface area contributed by atoms with E-state index < -0.39 is 6.04 Å². The number of benzene rings is 1. The number of anilines is 1. The van der Waals surface area contributed by atoms with Crippen molar-refractivity contribution in [2.75, 3.05) is 11.4 Å². The molecule has 2 aromatic rings. The maximum atomic E-state index is 12.5. The van der Waals surface area contributed by atoms with E-state index in [1.807, 2.05) is 31.2 Å². The fraction of sp³-hybridized carbons (Fsp3) is 0.375. The second-order valence-corrected chi connectivity index (χ2v) is 5.76. The number of carbonyl (C=O) groups excluding carboxylic acids is 2. The molecule has 0 spiro atoms. The number of nitrogens with one attached hydrogen (secondary N) is 1. The third-order valence-electron chi connectivity index (χ3n) is 4.04. The molecule has 1 aromatic heterocycles. The minimum absolute atomic E-state index is 0.0645. The fourth-order valence-electron chi connectivity index (χ4n) is 2.68. The van der Waals surface area contributed by atoms with Crippen LogP contribution in [0.25, 0.3) is 0 Å². The van der Waals surface area contributed by atoms with E-state index in [1.54, 1.807) is 22.8 Å². The zero-order chi connectivity index (χ0) is 16.4. The third-order valence-corrected chi connectivity index (χ3v) is 4.04. The molecule has 0 radical (unpaired) electrons. The minimum atomic E-state index is -0.468. The molecule has 1 atom stereocenters. The van der Waals surface area contributed by atoms with Crippen molar-refractivity contribution < 1.29 is 9.59 Å². The van der Waals surface area contributed by atoms with Gasteiger partial charge in [0.2, 0.25) is 11.8 Å². The Kier molecular flexibility index (Phi) is 4.10. The predicted octanol–water partition coefficient (Wildman–Crippen LogP) is 0.588. The molecule has 1 saturated heterocycles. The molecule has 1 N–H and O–H groups in total. The Morgan fingerprint density at radius 1 is 1.35 bits per heavy atom. The average molecular weight is 313 g/mol. The lowest BCUT2D eigenvalue weighted by molar-refractivity contribution is -0.126. The molecular formula is C16H19N5O2. The number of hydrogen-bond donors (Lipinski definition) is 1. The first-order valence-electron chi connectivity index (χ1n) is 7.55. The number of amides is 2. The molecule has 0 aliphatic carbocycles. The Morgan fingerprint density at radius 3 is 2.74 bits per heavy atom. The summed E-state index contributed by atoms with van der Waals surface area (Å²) in [7, 11) is 1.73. The molecule has 120 valence electrons. The van der Waals surface area contributed by atoms with Crippen molar-refractivity contribution >= 4 is 17.5 Å². The minimum Gasteiger partial charge on any atom is -0.344 e. The molecular weight excluding hydrogens is 294 g/mol. The van der Waals surface area contributed by atoms with Gasteiger partial charge in [-0.05, 0) is 25.5 Å². The second kappa shape index (κ2) is 6.20. The van der Waals surface area contributed by atoms with E-state index in [0.717, 1.165) is 11.3 Å². The number of aryl methyl sites for hydroxylation is 2. The number of rotatable bonds is 4. The van der Waals surface area contributed by atoms with E-state index in [9.17, 15) is 9.59 Å². The maximum absolute atomic E-state index is 12.5. The van der Waals surface area contributed by atoms with Crippen molar-refractivity contribution in [3.8, 4) is 0 Å². The van der Waals surface area contributed by atoms with Crippen LogP contribution in [-0.4, -0.2) is 39.4 Å². The van der Waals surface area contributed by atoms with Crippen molar-refractivity contribution in [1.29, 1.82) is 0 Å². The van der Waals surface area contributed by atoms with Gasteiger partial charge in [-0.1, -0.05) is 22.9 Å². The Balaban J connectivity index is 1.62. The summed E-state index contributed by atoms with van der Waals surface area (Å²) in [5, 5.41) is 10.3. The molecule has 1 unspecified atom stereocenters. The standard InChI is InChI=1S/C16H19N5O2/c1-11-3-5-12(6-4-11)21-8-7-14(16(21)23)18-15(22)9-13-10-17-19-20(13)2/h3-6,10,14H,7-9H2,1-2H3,(H,18,22). The third kappa shape index (κ3) is 3.23. The summed E-state index contributed by atoms with van der Waals surface area (Å²) < 4.78 is 1.55. The Morgan fingerprint density at radius 2 is 2.09 bits per heavy atom. The molecule has 1 aliphatic rings. The van der Waals surface area contributed by atoms with Crippen LogP contribution < -0.4 is 10.2 Å². The zero-order valence-electron chi connectivity index (χ0n) is 13.2. The maximum Gasteiger partial charge on any atom is 0.249 e. The van der Waals surface area contributed by atoms with Crippen LogP contribution in [0.1, 0.15) is 17.7 Å². The number of carbonyl (C=O) groups is 2. The summed E-state index contributed by atoms with van der Waals surface area (Å²) >= 11 is 0. The molecule has 2 heterocycles. The van der Waals surface area contributed by atoms with E-state index >= 15 is 0 Å². The Hall–Kier alpha value is -2.70. The molecule has 1 fully saturated rings. The van der Waals surface area contributed by atoms with Gasteiger partial charge in [-0.15, -0.1) is 5.10 Å². The van der Waals surface area contributed by atoms with Crippen LogP contribution in [0.5, 0.6) is 0 Å². The van der Waals surface area contributed by atoms with Crippen LogP contribution in [0.3, 0.4) is 0 Å². The Labute approximate surface area is 134 Å². The van der Waals surface area contributed by atoms with Crippen LogP contribution in [0.2, 0.25) is 0 Å². The lowest BCUT2D eigenvalue weighted by Gasteiger charge is -2.17. The molecule has 23 heavy (non-hydrogen) atoms. The SMILES string of the molecule is Cc1ccc(N2CCC(NC(=O)Cc3cnnn3C)C2=O)cc1. The van der Waals surface area contributed by atoms with Gasteiger partial charge in [0.15, 0.2) is 0 Å². The van der Waals surface area contributed by atoms with E-state index in [2.05, 4.69) is 15.6 Å². The molecule has 7 heteroatoms. The van der Waals surface area contributed by atoms with Gasteiger partial charge in [-0.25, -0.2) is 0 Å². The van der Waals surface area contributed by atoms with E-state index in [0.29, 0.717) is 18.7 Å². The first kappa shape index (κ1) is 15.2. The van der Waals surface area contributed by atoms with Crippen molar-refractivity contribution in [2.45, 2.75) is 25.8 Å². The molecule has 2 amide bonds. The van der Waals surface area contributed by atoms with Gasteiger partial charge < -0.3 is 10.2 Å². The van der Waals surface area contributed by atoms with Crippen LogP contribution in [0.15, 0.2) is 30.5 Å². The highest BCUT2D eigenvalue weighted by atomic mass is 16.2. The van der Waals surface area contributed by atoms with Crippen molar-refractivity contribution in [3.05, 3.63) is 41.7 Å². The molecule has 7 nitrogen and oxygen atoms in total. The highest BCUT2D eigenvalue weighted by molar-refractivity contribution is 6.01. The van der Waals surface area contributed by atoms with Crippen molar-refractivity contribution in [3.63, 3.8) is 0 Å². The summed E-state index contributed by atoms with van der Waals surface area (Å²) in [6.07, 6.45) is 2.33. The van der Waals surface area contributed by atoms with Gasteiger partial charge in [-0.3, -0.25) is 14.3 Å². The molecule has 0 saturated carbocycles. The van der Waals surface area contributed by atoms with Crippen LogP contribution in [0.4, 0.5) is 5.69 Å². The summed E-state index contributed by atoms with van der Waals surface area (Å²) in [5.74, 6) is -0.259. The first-order chi connectivity index (χ1) is 11.0. The van der Waals surface area contributed by atoms with Crippen LogP contribution in [-0.2, 0) is 23.1 Å². The second-order valence-electron chi connectivity index (χ2n) is 5.76. The smallest absolute Gasteiger partial charge is 0.249 e. The number of aromatic nitrogens is 3. The molecule has 3 rings (SSSR count). The van der Waals surface area contributed by atoms with Gasteiger partial charge in [0.1, 0.15) is 6.04 Å². The number of hydrogen-bond acceptors (Lipinski definition) is 4. The Bertz CT molecular complexity index is 722. The molecule has 1 aromatic carbocycles. The quantitative estimate of drug-likeness (QED) is 0.896. The van der Waals surface area contributed by atoms with Crippen LogP contribution in [0, 0.1) is 6.92 Å². The van der Waals surface area contributed by atoms with Gasteiger partial charge in [0.25, 0.3) is 0 Å². The summed E-state index contributed by atoms with van der Waals surface area (Å²) in [4.78, 5) is 26.3. The highest BCUT2D eigenvalue weighted by Crippen LogP contribution is 2.22. The first-order valence-corrected chi connectivity index (χ1v) is 7.55. The van der Waals surface area contributed by atoms with Crippen LogP contribution >= 0.6 is 0 Å². The van der Waals surface area contributed by atoms with E-state index in [1.165, 1.54) is 0 Å². The normalized spacial score (nSPS) is 17.6. The average Bonchev–Trinajstić information content (AvgIpc) is 3.08. The lowest BCUT2D eigenvalue weighted by atomic mass is 10.2. The summed E-state index contributed by atoms with van der Waals surface area (Å²) in [6.45, 7) is 2.62. The largest absolute Gasteiger partial charge is 0.344 e. The molecule has 0 bridgehead atoms. The highest BCUT2D eigenvalue weighted by Gasteiger charge is 2.33. The summed E-state index contributed by atoms with van der Waals surface area (Å²) in [5.41, 5.74) is 2.73. The van der Waals surface area contributed by atoms with Gasteiger partial charge >= 0.3 is 0 Å². The lowest BCUT2D eigenvalue weighted by Crippen LogP contribution is -2.42. The number of nitrogens with zero attached hydrogens (tertiary/aromatic N) is 4. The predicted molar refractivity (Wildman–Crippen MR) is 84.8 cm³/mol. The van der Waals surface area contributed by atoms with E-state index in [4.69, 9.17) is 0 Å². The van der Waals surface area contributed by atoms with E-state index in [-0.39, 0.29) is 18.2 Å². The van der Waals surface area contributed by atoms with Crippen molar-refractivity contribution in [1.82, 2.24) is 20.3 Å². The van der Waals surface area contributed by atoms with Gasteiger partial charge in [0.05, 0.1) is 18.3 Å². The monoisotopic (exact) mass is 313 g/mol. The van der Waals surface area contributed by atoms with Gasteiger partial charge in [0, 0.05) is 19.3 Å².